The smallest absolute Gasteiger partial charge is 0.341 e. The molecule has 3 aromatic carbocycles. The van der Waals surface area contributed by atoms with E-state index in [1.165, 1.54) is 24.3 Å². The van der Waals surface area contributed by atoms with Crippen molar-refractivity contribution in [1.29, 1.82) is 0 Å². The monoisotopic (exact) mass is 525 g/mol. The number of hydrogen-bond acceptors (Lipinski definition) is 4. The van der Waals surface area contributed by atoms with Gasteiger partial charge in [0.25, 0.3) is 0 Å². The van der Waals surface area contributed by atoms with Gasteiger partial charge in [0, 0.05) is 28.9 Å². The number of aromatic nitrogens is 2. The molecule has 1 atom stereocenters. The zero-order valence-corrected chi connectivity index (χ0v) is 20.3. The van der Waals surface area contributed by atoms with Crippen molar-refractivity contribution in [2.75, 3.05) is 13.2 Å². The molecule has 10 heteroatoms. The highest BCUT2D eigenvalue weighted by atomic mass is 35.5. The maximum Gasteiger partial charge on any atom is 0.341 e. The first-order chi connectivity index (χ1) is 17.8. The molecule has 190 valence electrons. The molecule has 0 saturated heterocycles. The molecule has 0 aliphatic carbocycles. The zero-order chi connectivity index (χ0) is 26.1. The minimum absolute atomic E-state index is 0.104. The SMILES string of the molecule is O=C(O)COc1ccc(Cl)cc1C1c2ccc(F)cc2CCN1C(=O)CCn1ncc2cc(F)ccc21. The Hall–Kier alpha value is -3.98. The predicted molar refractivity (Wildman–Crippen MR) is 133 cm³/mol. The van der Waals surface area contributed by atoms with Gasteiger partial charge in [-0.25, -0.2) is 13.6 Å². The third kappa shape index (κ3) is 5.13. The van der Waals surface area contributed by atoms with Crippen molar-refractivity contribution < 1.29 is 28.2 Å². The number of carboxylic acid groups (broad SMARTS) is 1. The molecule has 2 heterocycles. The van der Waals surface area contributed by atoms with E-state index < -0.39 is 18.6 Å². The lowest BCUT2D eigenvalue weighted by Gasteiger charge is -2.38. The van der Waals surface area contributed by atoms with Crippen LogP contribution in [0.4, 0.5) is 8.78 Å². The number of benzene rings is 3. The average Bonchev–Trinajstić information content (AvgIpc) is 3.27. The Kier molecular flexibility index (Phi) is 6.80. The van der Waals surface area contributed by atoms with Gasteiger partial charge in [-0.3, -0.25) is 9.48 Å². The van der Waals surface area contributed by atoms with Crippen LogP contribution >= 0.6 is 11.6 Å². The maximum atomic E-state index is 14.0. The van der Waals surface area contributed by atoms with E-state index in [2.05, 4.69) is 5.10 Å². The fourth-order valence-corrected chi connectivity index (χ4v) is 4.97. The van der Waals surface area contributed by atoms with E-state index in [9.17, 15) is 18.4 Å². The topological polar surface area (TPSA) is 84.7 Å². The van der Waals surface area contributed by atoms with Crippen LogP contribution in [0.1, 0.15) is 29.2 Å². The summed E-state index contributed by atoms with van der Waals surface area (Å²) in [5.41, 5.74) is 2.68. The Balaban J connectivity index is 1.49. The van der Waals surface area contributed by atoms with Crippen molar-refractivity contribution in [3.05, 3.63) is 94.1 Å². The first kappa shape index (κ1) is 24.7. The van der Waals surface area contributed by atoms with Gasteiger partial charge < -0.3 is 14.7 Å². The van der Waals surface area contributed by atoms with Gasteiger partial charge in [-0.2, -0.15) is 5.10 Å². The molecule has 37 heavy (non-hydrogen) atoms. The lowest BCUT2D eigenvalue weighted by Crippen LogP contribution is -2.41. The number of aliphatic carboxylic acids is 1. The quantitative estimate of drug-likeness (QED) is 0.367. The molecule has 0 fully saturated rings. The highest BCUT2D eigenvalue weighted by molar-refractivity contribution is 6.30. The van der Waals surface area contributed by atoms with E-state index >= 15 is 0 Å². The van der Waals surface area contributed by atoms with Crippen LogP contribution in [-0.4, -0.2) is 44.8 Å². The number of carboxylic acids is 1. The van der Waals surface area contributed by atoms with E-state index in [0.29, 0.717) is 40.0 Å². The lowest BCUT2D eigenvalue weighted by molar-refractivity contribution is -0.139. The van der Waals surface area contributed by atoms with E-state index in [0.717, 1.165) is 5.56 Å². The Morgan fingerprint density at radius 2 is 1.84 bits per heavy atom. The number of carbonyl (C=O) groups excluding carboxylic acids is 1. The summed E-state index contributed by atoms with van der Waals surface area (Å²) < 4.78 is 34.8. The van der Waals surface area contributed by atoms with Gasteiger partial charge in [-0.05, 0) is 66.1 Å². The Morgan fingerprint density at radius 1 is 1.05 bits per heavy atom. The summed E-state index contributed by atoms with van der Waals surface area (Å²) >= 11 is 6.30. The van der Waals surface area contributed by atoms with Gasteiger partial charge in [0.15, 0.2) is 6.61 Å². The molecule has 5 rings (SSSR count). The molecule has 1 N–H and O–H groups in total. The zero-order valence-electron chi connectivity index (χ0n) is 19.5. The molecular weight excluding hydrogens is 504 g/mol. The molecule has 1 aliphatic rings. The van der Waals surface area contributed by atoms with Gasteiger partial charge in [-0.15, -0.1) is 0 Å². The van der Waals surface area contributed by atoms with Crippen molar-refractivity contribution in [2.45, 2.75) is 25.4 Å². The van der Waals surface area contributed by atoms with Gasteiger partial charge in [0.05, 0.1) is 24.3 Å². The third-order valence-corrected chi connectivity index (χ3v) is 6.65. The largest absolute Gasteiger partial charge is 0.482 e. The molecule has 0 bridgehead atoms. The summed E-state index contributed by atoms with van der Waals surface area (Å²) in [6.07, 6.45) is 2.10. The van der Waals surface area contributed by atoms with Crippen LogP contribution < -0.4 is 4.74 Å². The first-order valence-corrected chi connectivity index (χ1v) is 12.0. The van der Waals surface area contributed by atoms with Crippen LogP contribution in [0.3, 0.4) is 0 Å². The number of amides is 1. The fourth-order valence-electron chi connectivity index (χ4n) is 4.78. The standard InChI is InChI=1S/C27H22ClF2N3O4/c28-18-1-6-24(37-15-26(35)36)22(13-18)27-21-4-2-19(29)11-16(21)7-9-32(27)25(34)8-10-33-23-5-3-20(30)12-17(23)14-31-33/h1-6,11-14,27H,7-10,15H2,(H,35,36). The van der Waals surface area contributed by atoms with Crippen molar-refractivity contribution in [2.24, 2.45) is 0 Å². The van der Waals surface area contributed by atoms with Crippen LogP contribution in [0.2, 0.25) is 5.02 Å². The van der Waals surface area contributed by atoms with Crippen LogP contribution in [0, 0.1) is 11.6 Å². The molecule has 1 amide bonds. The second-order valence-electron chi connectivity index (χ2n) is 8.77. The number of ether oxygens (including phenoxy) is 1. The molecule has 1 unspecified atom stereocenters. The Morgan fingerprint density at radius 3 is 2.65 bits per heavy atom. The van der Waals surface area contributed by atoms with Gasteiger partial charge in [0.1, 0.15) is 17.4 Å². The number of aryl methyl sites for hydroxylation is 1. The molecular formula is C27H22ClF2N3O4. The van der Waals surface area contributed by atoms with Crippen LogP contribution in [0.15, 0.2) is 60.8 Å². The van der Waals surface area contributed by atoms with Crippen molar-refractivity contribution in [3.8, 4) is 5.75 Å². The Labute approximate surface area is 215 Å². The van der Waals surface area contributed by atoms with Gasteiger partial charge in [-0.1, -0.05) is 17.7 Å². The molecule has 1 aromatic heterocycles. The number of halogens is 3. The van der Waals surface area contributed by atoms with E-state index in [4.69, 9.17) is 21.4 Å². The van der Waals surface area contributed by atoms with E-state index in [1.807, 2.05) is 0 Å². The summed E-state index contributed by atoms with van der Waals surface area (Å²) in [6, 6.07) is 12.9. The number of carbonyl (C=O) groups is 2. The molecule has 4 aromatic rings. The fraction of sp³-hybridized carbons (Fsp3) is 0.222. The van der Waals surface area contributed by atoms with Crippen LogP contribution in [0.5, 0.6) is 5.75 Å². The van der Waals surface area contributed by atoms with Crippen molar-refractivity contribution in [1.82, 2.24) is 14.7 Å². The average molecular weight is 526 g/mol. The normalized spacial score (nSPS) is 15.0. The summed E-state index contributed by atoms with van der Waals surface area (Å²) in [4.78, 5) is 26.4. The molecule has 7 nitrogen and oxygen atoms in total. The maximum absolute atomic E-state index is 14.0. The van der Waals surface area contributed by atoms with Crippen LogP contribution in [-0.2, 0) is 22.6 Å². The minimum atomic E-state index is -1.15. The minimum Gasteiger partial charge on any atom is -0.482 e. The van der Waals surface area contributed by atoms with E-state index in [-0.39, 0.29) is 36.3 Å². The highest BCUT2D eigenvalue weighted by Crippen LogP contribution is 2.41. The van der Waals surface area contributed by atoms with Crippen molar-refractivity contribution >= 4 is 34.4 Å². The summed E-state index contributed by atoms with van der Waals surface area (Å²) in [7, 11) is 0. The predicted octanol–water partition coefficient (Wildman–Crippen LogP) is 5.00. The Bertz CT molecular complexity index is 1510. The summed E-state index contributed by atoms with van der Waals surface area (Å²) in [5.74, 6) is -1.81. The second kappa shape index (κ2) is 10.2. The molecule has 1 aliphatic heterocycles. The van der Waals surface area contributed by atoms with Crippen LogP contribution in [0.25, 0.3) is 10.9 Å². The summed E-state index contributed by atoms with van der Waals surface area (Å²) in [5, 5.41) is 14.4. The van der Waals surface area contributed by atoms with Gasteiger partial charge >= 0.3 is 5.97 Å². The lowest BCUT2D eigenvalue weighted by atomic mass is 9.87. The molecule has 0 spiro atoms. The second-order valence-corrected chi connectivity index (χ2v) is 9.20. The number of rotatable bonds is 7. The number of hydrogen-bond donors (Lipinski definition) is 1. The van der Waals surface area contributed by atoms with Gasteiger partial charge in [0.2, 0.25) is 5.91 Å². The number of nitrogens with zero attached hydrogens (tertiary/aromatic N) is 3. The van der Waals surface area contributed by atoms with Crippen molar-refractivity contribution in [3.63, 3.8) is 0 Å². The van der Waals surface area contributed by atoms with E-state index in [1.54, 1.807) is 46.1 Å². The number of fused-ring (bicyclic) bond motifs is 2. The highest BCUT2D eigenvalue weighted by Gasteiger charge is 2.34. The third-order valence-electron chi connectivity index (χ3n) is 6.41. The molecule has 0 radical (unpaired) electrons. The summed E-state index contributed by atoms with van der Waals surface area (Å²) in [6.45, 7) is 0.0137. The first-order valence-electron chi connectivity index (χ1n) is 11.6. The molecule has 0 saturated carbocycles.